The van der Waals surface area contributed by atoms with E-state index in [9.17, 15) is 0 Å². The molecule has 0 aromatic heterocycles. The highest BCUT2D eigenvalue weighted by molar-refractivity contribution is 9.10. The number of nitrogens with two attached hydrogens (primary N) is 1. The van der Waals surface area contributed by atoms with E-state index in [1.54, 1.807) is 0 Å². The van der Waals surface area contributed by atoms with Crippen LogP contribution >= 0.6 is 55.1 Å². The first-order valence-electron chi connectivity index (χ1n) is 5.62. The molecule has 2 aromatic rings. The first-order chi connectivity index (χ1) is 8.97. The predicted molar refractivity (Wildman–Crippen MR) is 88.9 cm³/mol. The summed E-state index contributed by atoms with van der Waals surface area (Å²) in [4.78, 5) is 0. The molecule has 5 heteroatoms. The molecule has 0 spiro atoms. The lowest BCUT2D eigenvalue weighted by molar-refractivity contribution is 0.722. The second kappa shape index (κ2) is 6.59. The Hall–Kier alpha value is -0.0600. The van der Waals surface area contributed by atoms with Crippen LogP contribution < -0.4 is 5.73 Å². The summed E-state index contributed by atoms with van der Waals surface area (Å²) in [5.74, 6) is 0. The molecule has 1 nitrogen and oxygen atoms in total. The Bertz CT molecular complexity index is 602. The number of benzene rings is 2. The van der Waals surface area contributed by atoms with Crippen LogP contribution in [-0.2, 0) is 6.42 Å². The van der Waals surface area contributed by atoms with E-state index in [0.717, 1.165) is 20.1 Å². The van der Waals surface area contributed by atoms with E-state index in [1.807, 2.05) is 36.4 Å². The molecule has 2 N–H and O–H groups in total. The van der Waals surface area contributed by atoms with Crippen LogP contribution in [-0.4, -0.2) is 0 Å². The predicted octanol–water partition coefficient (Wildman–Crippen LogP) is 5.76. The molecule has 2 rings (SSSR count). The quantitative estimate of drug-likeness (QED) is 0.667. The van der Waals surface area contributed by atoms with Gasteiger partial charge in [-0.25, -0.2) is 0 Å². The van der Waals surface area contributed by atoms with Crippen molar-refractivity contribution in [3.63, 3.8) is 0 Å². The number of rotatable bonds is 3. The van der Waals surface area contributed by atoms with Crippen LogP contribution in [0, 0.1) is 0 Å². The molecule has 0 saturated heterocycles. The van der Waals surface area contributed by atoms with Crippen LogP contribution in [0.4, 0.5) is 0 Å². The molecule has 0 amide bonds. The van der Waals surface area contributed by atoms with Crippen LogP contribution in [0.5, 0.6) is 0 Å². The Labute approximate surface area is 139 Å². The van der Waals surface area contributed by atoms with Crippen LogP contribution in [0.15, 0.2) is 45.3 Å². The van der Waals surface area contributed by atoms with Gasteiger partial charge < -0.3 is 5.73 Å². The van der Waals surface area contributed by atoms with Gasteiger partial charge >= 0.3 is 0 Å². The van der Waals surface area contributed by atoms with Crippen LogP contribution in [0.3, 0.4) is 0 Å². The van der Waals surface area contributed by atoms with Crippen molar-refractivity contribution >= 4 is 55.1 Å². The third kappa shape index (κ3) is 3.96. The highest BCUT2D eigenvalue weighted by atomic mass is 79.9. The van der Waals surface area contributed by atoms with Gasteiger partial charge in [-0.1, -0.05) is 51.3 Å². The highest BCUT2D eigenvalue weighted by Crippen LogP contribution is 2.29. The first kappa shape index (κ1) is 15.3. The van der Waals surface area contributed by atoms with Crippen LogP contribution in [0.2, 0.25) is 10.0 Å². The largest absolute Gasteiger partial charge is 0.324 e. The second-order valence-corrected chi connectivity index (χ2v) is 6.80. The minimum Gasteiger partial charge on any atom is -0.324 e. The molecule has 0 aliphatic rings. The van der Waals surface area contributed by atoms with Crippen molar-refractivity contribution in [2.45, 2.75) is 12.5 Å². The Morgan fingerprint density at radius 2 is 1.74 bits per heavy atom. The Balaban J connectivity index is 2.20. The summed E-state index contributed by atoms with van der Waals surface area (Å²) in [6.07, 6.45) is 0.671. The lowest BCUT2D eigenvalue weighted by Gasteiger charge is -2.14. The molecular formula is C14H11Br2Cl2N. The fourth-order valence-corrected chi connectivity index (χ4v) is 2.97. The van der Waals surface area contributed by atoms with Gasteiger partial charge in [0.15, 0.2) is 0 Å². The second-order valence-electron chi connectivity index (χ2n) is 4.22. The number of hydrogen-bond acceptors (Lipinski definition) is 1. The fourth-order valence-electron chi connectivity index (χ4n) is 1.79. The zero-order valence-electron chi connectivity index (χ0n) is 9.84. The molecular weight excluding hydrogens is 413 g/mol. The SMILES string of the molecule is NC(Cc1ccc(Br)cc1Cl)c1ccc(Br)c(Cl)c1. The van der Waals surface area contributed by atoms with Crippen LogP contribution in [0.25, 0.3) is 0 Å². The molecule has 19 heavy (non-hydrogen) atoms. The molecule has 1 atom stereocenters. The van der Waals surface area contributed by atoms with Crippen molar-refractivity contribution in [1.82, 2.24) is 0 Å². The molecule has 0 heterocycles. The number of halogens is 4. The maximum Gasteiger partial charge on any atom is 0.0551 e. The van der Waals surface area contributed by atoms with E-state index < -0.39 is 0 Å². The minimum atomic E-state index is -0.135. The van der Waals surface area contributed by atoms with E-state index in [2.05, 4.69) is 31.9 Å². The van der Waals surface area contributed by atoms with E-state index in [1.165, 1.54) is 0 Å². The minimum absolute atomic E-state index is 0.135. The molecule has 0 aliphatic heterocycles. The smallest absolute Gasteiger partial charge is 0.0551 e. The normalized spacial score (nSPS) is 12.5. The van der Waals surface area contributed by atoms with Gasteiger partial charge in [-0.2, -0.15) is 0 Å². The van der Waals surface area contributed by atoms with Gasteiger partial charge in [0.1, 0.15) is 0 Å². The summed E-state index contributed by atoms with van der Waals surface area (Å²) in [7, 11) is 0. The van der Waals surface area contributed by atoms with Crippen molar-refractivity contribution in [2.75, 3.05) is 0 Å². The zero-order valence-corrected chi connectivity index (χ0v) is 14.5. The van der Waals surface area contributed by atoms with Crippen LogP contribution in [0.1, 0.15) is 17.2 Å². The van der Waals surface area contributed by atoms with Gasteiger partial charge in [-0.3, -0.25) is 0 Å². The lowest BCUT2D eigenvalue weighted by Crippen LogP contribution is -2.13. The van der Waals surface area contributed by atoms with Crippen molar-refractivity contribution in [2.24, 2.45) is 5.73 Å². The van der Waals surface area contributed by atoms with Gasteiger partial charge in [0.25, 0.3) is 0 Å². The first-order valence-corrected chi connectivity index (χ1v) is 7.96. The van der Waals surface area contributed by atoms with Gasteiger partial charge in [0.05, 0.1) is 5.02 Å². The standard InChI is InChI=1S/C14H11Br2Cl2N/c15-10-3-1-8(12(17)7-10)6-14(19)9-2-4-11(16)13(18)5-9/h1-5,7,14H,6,19H2. The summed E-state index contributed by atoms with van der Waals surface area (Å²) < 4.78 is 1.83. The summed E-state index contributed by atoms with van der Waals surface area (Å²) in [6.45, 7) is 0. The Morgan fingerprint density at radius 3 is 2.37 bits per heavy atom. The van der Waals surface area contributed by atoms with Gasteiger partial charge in [0.2, 0.25) is 0 Å². The third-order valence-corrected chi connectivity index (χ3v) is 4.90. The molecule has 0 fully saturated rings. The van der Waals surface area contributed by atoms with E-state index in [0.29, 0.717) is 16.5 Å². The Kier molecular flexibility index (Phi) is 5.32. The molecule has 0 aliphatic carbocycles. The molecule has 1 unspecified atom stereocenters. The highest BCUT2D eigenvalue weighted by Gasteiger charge is 2.11. The maximum atomic E-state index is 6.21. The third-order valence-electron chi connectivity index (χ3n) is 2.83. The summed E-state index contributed by atoms with van der Waals surface area (Å²) in [5.41, 5.74) is 8.23. The summed E-state index contributed by atoms with van der Waals surface area (Å²) in [5, 5.41) is 1.38. The lowest BCUT2D eigenvalue weighted by atomic mass is 10.00. The van der Waals surface area contributed by atoms with E-state index in [4.69, 9.17) is 28.9 Å². The molecule has 100 valence electrons. The topological polar surface area (TPSA) is 26.0 Å². The number of hydrogen-bond donors (Lipinski definition) is 1. The monoisotopic (exact) mass is 421 g/mol. The zero-order chi connectivity index (χ0) is 14.0. The maximum absolute atomic E-state index is 6.21. The van der Waals surface area contributed by atoms with E-state index in [-0.39, 0.29) is 6.04 Å². The van der Waals surface area contributed by atoms with Gasteiger partial charge in [-0.15, -0.1) is 0 Å². The molecule has 0 saturated carbocycles. The summed E-state index contributed by atoms with van der Waals surface area (Å²) in [6, 6.07) is 11.4. The Morgan fingerprint density at radius 1 is 1.00 bits per heavy atom. The van der Waals surface area contributed by atoms with Crippen molar-refractivity contribution in [3.8, 4) is 0 Å². The van der Waals surface area contributed by atoms with E-state index >= 15 is 0 Å². The fraction of sp³-hybridized carbons (Fsp3) is 0.143. The van der Waals surface area contributed by atoms with Crippen molar-refractivity contribution in [1.29, 1.82) is 0 Å². The van der Waals surface area contributed by atoms with Crippen molar-refractivity contribution in [3.05, 3.63) is 66.5 Å². The van der Waals surface area contributed by atoms with Crippen molar-refractivity contribution < 1.29 is 0 Å². The average molecular weight is 424 g/mol. The molecule has 2 aromatic carbocycles. The molecule has 0 bridgehead atoms. The van der Waals surface area contributed by atoms with Gasteiger partial charge in [-0.05, 0) is 57.7 Å². The average Bonchev–Trinajstić information content (AvgIpc) is 2.36. The molecule has 0 radical (unpaired) electrons. The van der Waals surface area contributed by atoms with Gasteiger partial charge in [0, 0.05) is 20.0 Å². The summed E-state index contributed by atoms with van der Waals surface area (Å²) >= 11 is 19.0.